The summed E-state index contributed by atoms with van der Waals surface area (Å²) in [6.45, 7) is 3.74. The lowest BCUT2D eigenvalue weighted by Crippen LogP contribution is -2.35. The molecule has 3 aromatic rings. The third kappa shape index (κ3) is 2.80. The zero-order chi connectivity index (χ0) is 20.0. The number of H-pyrrole nitrogens is 1. The molecule has 2 fully saturated rings. The van der Waals surface area contributed by atoms with Gasteiger partial charge in [0.1, 0.15) is 18.4 Å². The van der Waals surface area contributed by atoms with E-state index >= 15 is 0 Å². The Labute approximate surface area is 168 Å². The van der Waals surface area contributed by atoms with Crippen LogP contribution in [0.15, 0.2) is 31.0 Å². The molecule has 1 saturated heterocycles. The highest BCUT2D eigenvalue weighted by atomic mass is 16.2. The molecule has 1 amide bonds. The Morgan fingerprint density at radius 3 is 2.86 bits per heavy atom. The SMILES string of the molecule is CCC1(n2cc(-c3ncnc4[nH]ccc34)cn2)C[C@H]2CN(C(=O)CC#N)C[C@H]2C1. The molecule has 0 bridgehead atoms. The second-order valence-corrected chi connectivity index (χ2v) is 8.28. The Morgan fingerprint density at radius 1 is 1.34 bits per heavy atom. The van der Waals surface area contributed by atoms with Crippen molar-refractivity contribution in [2.24, 2.45) is 11.8 Å². The van der Waals surface area contributed by atoms with Crippen molar-refractivity contribution in [3.8, 4) is 17.3 Å². The minimum Gasteiger partial charge on any atom is -0.346 e. The van der Waals surface area contributed by atoms with Gasteiger partial charge < -0.3 is 9.88 Å². The molecule has 1 aliphatic heterocycles. The van der Waals surface area contributed by atoms with E-state index in [1.54, 1.807) is 6.33 Å². The number of aromatic nitrogens is 5. The quantitative estimate of drug-likeness (QED) is 0.739. The van der Waals surface area contributed by atoms with E-state index in [9.17, 15) is 4.79 Å². The van der Waals surface area contributed by atoms with Gasteiger partial charge in [-0.1, -0.05) is 6.92 Å². The van der Waals surface area contributed by atoms with Crippen molar-refractivity contribution < 1.29 is 4.79 Å². The molecule has 8 heteroatoms. The maximum Gasteiger partial charge on any atom is 0.236 e. The second kappa shape index (κ2) is 6.69. The number of aromatic amines is 1. The minimum absolute atomic E-state index is 0.0204. The van der Waals surface area contributed by atoms with Crippen LogP contribution in [0.1, 0.15) is 32.6 Å². The Bertz CT molecular complexity index is 1090. The molecule has 148 valence electrons. The van der Waals surface area contributed by atoms with Crippen LogP contribution in [0.3, 0.4) is 0 Å². The zero-order valence-electron chi connectivity index (χ0n) is 16.4. The number of nitriles is 1. The minimum atomic E-state index is -0.0374. The normalized spacial score (nSPS) is 26.0. The van der Waals surface area contributed by atoms with Crippen LogP contribution in [0.5, 0.6) is 0 Å². The van der Waals surface area contributed by atoms with Crippen LogP contribution in [0.2, 0.25) is 0 Å². The van der Waals surface area contributed by atoms with Gasteiger partial charge in [0.15, 0.2) is 0 Å². The topological polar surface area (TPSA) is 103 Å². The molecule has 8 nitrogen and oxygen atoms in total. The van der Waals surface area contributed by atoms with Crippen molar-refractivity contribution >= 4 is 16.9 Å². The highest BCUT2D eigenvalue weighted by molar-refractivity contribution is 5.90. The first-order chi connectivity index (χ1) is 14.1. The van der Waals surface area contributed by atoms with Crippen LogP contribution in [0.25, 0.3) is 22.3 Å². The Morgan fingerprint density at radius 2 is 2.14 bits per heavy atom. The molecule has 29 heavy (non-hydrogen) atoms. The number of fused-ring (bicyclic) bond motifs is 2. The lowest BCUT2D eigenvalue weighted by molar-refractivity contribution is -0.129. The summed E-state index contributed by atoms with van der Waals surface area (Å²) in [5.74, 6) is 0.908. The van der Waals surface area contributed by atoms with E-state index in [4.69, 9.17) is 10.4 Å². The van der Waals surface area contributed by atoms with Gasteiger partial charge in [0.2, 0.25) is 5.91 Å². The van der Waals surface area contributed by atoms with E-state index in [2.05, 4.69) is 32.8 Å². The summed E-state index contributed by atoms with van der Waals surface area (Å²) in [5, 5.41) is 14.5. The Kier molecular flexibility index (Phi) is 4.12. The van der Waals surface area contributed by atoms with Gasteiger partial charge in [-0.05, 0) is 37.2 Å². The molecule has 2 aliphatic rings. The predicted octanol–water partition coefficient (Wildman–Crippen LogP) is 2.71. The largest absolute Gasteiger partial charge is 0.346 e. The van der Waals surface area contributed by atoms with E-state index in [-0.39, 0.29) is 17.9 Å². The summed E-state index contributed by atoms with van der Waals surface area (Å²) in [5.41, 5.74) is 2.68. The number of carbonyl (C=O) groups is 1. The first-order valence-electron chi connectivity index (χ1n) is 10.1. The van der Waals surface area contributed by atoms with Gasteiger partial charge in [0, 0.05) is 36.4 Å². The molecule has 1 aliphatic carbocycles. The lowest BCUT2D eigenvalue weighted by atomic mass is 9.92. The first-order valence-corrected chi connectivity index (χ1v) is 10.1. The molecule has 1 N–H and O–H groups in total. The van der Waals surface area contributed by atoms with Crippen molar-refractivity contribution in [3.63, 3.8) is 0 Å². The summed E-state index contributed by atoms with van der Waals surface area (Å²) in [6.07, 6.45) is 10.4. The lowest BCUT2D eigenvalue weighted by Gasteiger charge is -2.31. The summed E-state index contributed by atoms with van der Waals surface area (Å²) in [6, 6.07) is 3.96. The number of hydrogen-bond acceptors (Lipinski definition) is 5. The number of likely N-dealkylation sites (tertiary alicyclic amines) is 1. The van der Waals surface area contributed by atoms with Crippen molar-refractivity contribution in [1.29, 1.82) is 5.26 Å². The monoisotopic (exact) mass is 389 g/mol. The molecule has 1 unspecified atom stereocenters. The summed E-state index contributed by atoms with van der Waals surface area (Å²) < 4.78 is 2.13. The van der Waals surface area contributed by atoms with Crippen molar-refractivity contribution in [1.82, 2.24) is 29.6 Å². The van der Waals surface area contributed by atoms with Gasteiger partial charge in [-0.2, -0.15) is 10.4 Å². The van der Waals surface area contributed by atoms with Gasteiger partial charge in [-0.3, -0.25) is 9.48 Å². The number of nitrogens with one attached hydrogen (secondary N) is 1. The second-order valence-electron chi connectivity index (χ2n) is 8.28. The predicted molar refractivity (Wildman–Crippen MR) is 106 cm³/mol. The van der Waals surface area contributed by atoms with Crippen LogP contribution in [0.4, 0.5) is 0 Å². The van der Waals surface area contributed by atoms with Gasteiger partial charge in [-0.25, -0.2) is 9.97 Å². The number of amides is 1. The molecule has 0 radical (unpaired) electrons. The fourth-order valence-corrected chi connectivity index (χ4v) is 5.29. The van der Waals surface area contributed by atoms with Crippen LogP contribution in [0, 0.1) is 23.2 Å². The fourth-order valence-electron chi connectivity index (χ4n) is 5.29. The summed E-state index contributed by atoms with van der Waals surface area (Å²) in [7, 11) is 0. The Balaban J connectivity index is 1.40. The molecule has 4 heterocycles. The van der Waals surface area contributed by atoms with Gasteiger partial charge in [-0.15, -0.1) is 0 Å². The van der Waals surface area contributed by atoms with Crippen molar-refractivity contribution in [2.75, 3.05) is 13.1 Å². The number of nitrogens with zero attached hydrogens (tertiary/aromatic N) is 6. The summed E-state index contributed by atoms with van der Waals surface area (Å²) >= 11 is 0. The first kappa shape index (κ1) is 17.9. The molecule has 0 aromatic carbocycles. The fraction of sp³-hybridized carbons (Fsp3) is 0.476. The highest BCUT2D eigenvalue weighted by Gasteiger charge is 2.50. The average molecular weight is 389 g/mol. The van der Waals surface area contributed by atoms with E-state index in [0.29, 0.717) is 11.8 Å². The zero-order valence-corrected chi connectivity index (χ0v) is 16.4. The van der Waals surface area contributed by atoms with E-state index in [1.165, 1.54) is 0 Å². The van der Waals surface area contributed by atoms with Crippen LogP contribution in [-0.2, 0) is 10.3 Å². The molecule has 1 saturated carbocycles. The number of hydrogen-bond donors (Lipinski definition) is 1. The maximum absolute atomic E-state index is 12.1. The van der Waals surface area contributed by atoms with Crippen molar-refractivity contribution in [2.45, 2.75) is 38.1 Å². The van der Waals surface area contributed by atoms with Crippen LogP contribution >= 0.6 is 0 Å². The van der Waals surface area contributed by atoms with Gasteiger partial charge in [0.25, 0.3) is 0 Å². The third-order valence-electron chi connectivity index (χ3n) is 6.80. The molecule has 3 atom stereocenters. The van der Waals surface area contributed by atoms with E-state index in [1.807, 2.05) is 29.4 Å². The smallest absolute Gasteiger partial charge is 0.236 e. The Hall–Kier alpha value is -3.21. The van der Waals surface area contributed by atoms with Gasteiger partial charge in [0.05, 0.1) is 23.5 Å². The highest BCUT2D eigenvalue weighted by Crippen LogP contribution is 2.49. The van der Waals surface area contributed by atoms with Crippen LogP contribution < -0.4 is 0 Å². The van der Waals surface area contributed by atoms with E-state index < -0.39 is 0 Å². The van der Waals surface area contributed by atoms with Crippen molar-refractivity contribution in [3.05, 3.63) is 31.0 Å². The average Bonchev–Trinajstić information content (AvgIpc) is 3.49. The molecular weight excluding hydrogens is 366 g/mol. The molecule has 0 spiro atoms. The third-order valence-corrected chi connectivity index (χ3v) is 6.80. The summed E-state index contributed by atoms with van der Waals surface area (Å²) in [4.78, 5) is 25.8. The van der Waals surface area contributed by atoms with Gasteiger partial charge >= 0.3 is 0 Å². The molecule has 5 rings (SSSR count). The number of rotatable bonds is 4. The molecule has 3 aromatic heterocycles. The number of carbonyl (C=O) groups excluding carboxylic acids is 1. The van der Waals surface area contributed by atoms with E-state index in [0.717, 1.165) is 54.6 Å². The molecular formula is C21H23N7O. The standard InChI is InChI=1S/C21H23N7O/c1-2-21(7-14-10-27(11-15(14)8-21)18(29)3-5-22)28-12-16(9-26-28)19-17-4-6-23-20(17)25-13-24-19/h4,6,9,12-15H,2-3,7-8,10-11H2,1H3,(H,23,24,25)/t14-,15+,21?. The van der Waals surface area contributed by atoms with Crippen LogP contribution in [-0.4, -0.2) is 48.6 Å². The maximum atomic E-state index is 12.1.